The van der Waals surface area contributed by atoms with Crippen molar-refractivity contribution in [2.24, 2.45) is 0 Å². The van der Waals surface area contributed by atoms with Crippen LogP contribution in [-0.4, -0.2) is 0 Å². The number of hydrogen-bond acceptors (Lipinski definition) is 0. The van der Waals surface area contributed by atoms with Crippen LogP contribution < -0.4 is 0 Å². The maximum Gasteiger partial charge on any atom is 0.0281 e. The predicted molar refractivity (Wildman–Crippen MR) is 80.9 cm³/mol. The minimum absolute atomic E-state index is 0.410. The third-order valence-corrected chi connectivity index (χ3v) is 4.66. The molecule has 0 bridgehead atoms. The summed E-state index contributed by atoms with van der Waals surface area (Å²) in [6, 6.07) is 13.0. The van der Waals surface area contributed by atoms with Gasteiger partial charge in [-0.3, -0.25) is 0 Å². The van der Waals surface area contributed by atoms with Crippen LogP contribution in [-0.2, 0) is 0 Å². The molecule has 0 aromatic heterocycles. The second-order valence-electron chi connectivity index (χ2n) is 4.87. The molecule has 0 nitrogen and oxygen atoms in total. The van der Waals surface area contributed by atoms with Crippen LogP contribution in [0.3, 0.4) is 0 Å². The molecular weight excluding hydrogens is 284 g/mol. The first-order chi connectivity index (χ1) is 8.68. The summed E-state index contributed by atoms with van der Waals surface area (Å²) in [4.78, 5) is 0. The van der Waals surface area contributed by atoms with Gasteiger partial charge in [-0.05, 0) is 47.7 Å². The normalized spacial score (nSPS) is 16.9. The Morgan fingerprint density at radius 3 is 2.50 bits per heavy atom. The SMILES string of the molecule is Cc1ccccc1C1C=Cc2c1ccc(Br)c2C. The zero-order valence-corrected chi connectivity index (χ0v) is 12.2. The lowest BCUT2D eigenvalue weighted by Gasteiger charge is -2.15. The largest absolute Gasteiger partial charge is 0.0720 e. The fraction of sp³-hybridized carbons (Fsp3) is 0.176. The molecule has 3 rings (SSSR count). The molecule has 0 heterocycles. The highest BCUT2D eigenvalue weighted by atomic mass is 79.9. The van der Waals surface area contributed by atoms with Gasteiger partial charge in [0.05, 0.1) is 0 Å². The van der Waals surface area contributed by atoms with E-state index < -0.39 is 0 Å². The molecular formula is C17H15Br. The highest BCUT2D eigenvalue weighted by Crippen LogP contribution is 2.39. The van der Waals surface area contributed by atoms with Gasteiger partial charge in [-0.25, -0.2) is 0 Å². The van der Waals surface area contributed by atoms with Crippen LogP contribution >= 0.6 is 15.9 Å². The fourth-order valence-corrected chi connectivity index (χ4v) is 3.06. The van der Waals surface area contributed by atoms with Crippen molar-refractivity contribution in [3.63, 3.8) is 0 Å². The Morgan fingerprint density at radius 1 is 0.944 bits per heavy atom. The summed E-state index contributed by atoms with van der Waals surface area (Å²) < 4.78 is 1.19. The summed E-state index contributed by atoms with van der Waals surface area (Å²) in [7, 11) is 0. The Hall–Kier alpha value is -1.34. The van der Waals surface area contributed by atoms with Crippen LogP contribution in [0.15, 0.2) is 46.9 Å². The molecule has 1 atom stereocenters. The van der Waals surface area contributed by atoms with Crippen molar-refractivity contribution in [2.45, 2.75) is 19.8 Å². The predicted octanol–water partition coefficient (Wildman–Crippen LogP) is 5.22. The molecule has 0 fully saturated rings. The molecule has 1 unspecified atom stereocenters. The molecule has 18 heavy (non-hydrogen) atoms. The van der Waals surface area contributed by atoms with Gasteiger partial charge in [0, 0.05) is 10.4 Å². The third kappa shape index (κ3) is 1.74. The number of aryl methyl sites for hydroxylation is 1. The van der Waals surface area contributed by atoms with E-state index >= 15 is 0 Å². The highest BCUT2D eigenvalue weighted by molar-refractivity contribution is 9.10. The van der Waals surface area contributed by atoms with Crippen molar-refractivity contribution < 1.29 is 0 Å². The van der Waals surface area contributed by atoms with E-state index in [1.165, 1.54) is 32.3 Å². The molecule has 0 saturated carbocycles. The Balaban J connectivity index is 2.15. The second-order valence-corrected chi connectivity index (χ2v) is 5.72. The molecule has 0 aliphatic heterocycles. The van der Waals surface area contributed by atoms with E-state index in [0.717, 1.165) is 0 Å². The molecule has 2 aromatic carbocycles. The van der Waals surface area contributed by atoms with E-state index in [-0.39, 0.29) is 0 Å². The lowest BCUT2D eigenvalue weighted by molar-refractivity contribution is 1.02. The number of rotatable bonds is 1. The number of halogens is 1. The lowest BCUT2D eigenvalue weighted by Crippen LogP contribution is -1.99. The Kier molecular flexibility index (Phi) is 2.87. The number of allylic oxidation sites excluding steroid dienone is 1. The van der Waals surface area contributed by atoms with E-state index in [4.69, 9.17) is 0 Å². The van der Waals surface area contributed by atoms with Gasteiger partial charge >= 0.3 is 0 Å². The summed E-state index contributed by atoms with van der Waals surface area (Å²) in [6.07, 6.45) is 4.57. The fourth-order valence-electron chi connectivity index (χ4n) is 2.72. The first kappa shape index (κ1) is 11.7. The zero-order chi connectivity index (χ0) is 12.7. The van der Waals surface area contributed by atoms with Crippen LogP contribution in [0.5, 0.6) is 0 Å². The zero-order valence-electron chi connectivity index (χ0n) is 10.6. The van der Waals surface area contributed by atoms with E-state index in [0.29, 0.717) is 5.92 Å². The van der Waals surface area contributed by atoms with E-state index in [2.05, 4.69) is 78.3 Å². The van der Waals surface area contributed by atoms with Crippen molar-refractivity contribution in [3.8, 4) is 0 Å². The molecule has 1 heteroatoms. The average Bonchev–Trinajstić information content (AvgIpc) is 2.79. The highest BCUT2D eigenvalue weighted by Gasteiger charge is 2.21. The standard InChI is InChI=1S/C17H15Br/c1-11-5-3-4-6-13(11)15-8-7-14-12(2)17(18)10-9-16(14)15/h3-10,15H,1-2H3. The number of fused-ring (bicyclic) bond motifs is 1. The van der Waals surface area contributed by atoms with Crippen LogP contribution in [0.2, 0.25) is 0 Å². The van der Waals surface area contributed by atoms with Gasteiger partial charge in [0.2, 0.25) is 0 Å². The molecule has 1 aliphatic carbocycles. The summed E-state index contributed by atoms with van der Waals surface area (Å²) in [5.74, 6) is 0.410. The summed E-state index contributed by atoms with van der Waals surface area (Å²) in [6.45, 7) is 4.36. The topological polar surface area (TPSA) is 0 Å². The van der Waals surface area contributed by atoms with E-state index in [1.807, 2.05) is 0 Å². The van der Waals surface area contributed by atoms with Gasteiger partial charge in [-0.2, -0.15) is 0 Å². The van der Waals surface area contributed by atoms with Gasteiger partial charge in [0.15, 0.2) is 0 Å². The second kappa shape index (κ2) is 4.40. The van der Waals surface area contributed by atoms with Crippen molar-refractivity contribution in [1.82, 2.24) is 0 Å². The van der Waals surface area contributed by atoms with Gasteiger partial charge in [0.1, 0.15) is 0 Å². The van der Waals surface area contributed by atoms with Crippen LogP contribution in [0.25, 0.3) is 6.08 Å². The minimum atomic E-state index is 0.410. The quantitative estimate of drug-likeness (QED) is 0.677. The molecule has 0 saturated heterocycles. The van der Waals surface area contributed by atoms with Gasteiger partial charge < -0.3 is 0 Å². The average molecular weight is 299 g/mol. The minimum Gasteiger partial charge on any atom is -0.0720 e. The first-order valence-corrected chi connectivity index (χ1v) is 7.00. The number of benzene rings is 2. The maximum atomic E-state index is 3.61. The third-order valence-electron chi connectivity index (χ3n) is 3.80. The summed E-state index contributed by atoms with van der Waals surface area (Å²) in [5, 5.41) is 0. The molecule has 90 valence electrons. The Morgan fingerprint density at radius 2 is 1.72 bits per heavy atom. The molecule has 1 aliphatic rings. The maximum absolute atomic E-state index is 3.61. The van der Waals surface area contributed by atoms with Crippen molar-refractivity contribution in [1.29, 1.82) is 0 Å². The Bertz CT molecular complexity index is 638. The van der Waals surface area contributed by atoms with E-state index in [1.54, 1.807) is 0 Å². The molecule has 0 radical (unpaired) electrons. The van der Waals surface area contributed by atoms with Gasteiger partial charge in [-0.1, -0.05) is 58.4 Å². The van der Waals surface area contributed by atoms with Crippen LogP contribution in [0.4, 0.5) is 0 Å². The first-order valence-electron chi connectivity index (χ1n) is 6.21. The van der Waals surface area contributed by atoms with Crippen LogP contribution in [0.1, 0.15) is 33.7 Å². The van der Waals surface area contributed by atoms with Crippen molar-refractivity contribution in [2.75, 3.05) is 0 Å². The molecule has 0 amide bonds. The molecule has 0 N–H and O–H groups in total. The number of hydrogen-bond donors (Lipinski definition) is 0. The van der Waals surface area contributed by atoms with E-state index in [9.17, 15) is 0 Å². The summed E-state index contributed by atoms with van der Waals surface area (Å²) >= 11 is 3.61. The monoisotopic (exact) mass is 298 g/mol. The lowest BCUT2D eigenvalue weighted by atomic mass is 9.89. The van der Waals surface area contributed by atoms with Gasteiger partial charge in [-0.15, -0.1) is 0 Å². The summed E-state index contributed by atoms with van der Waals surface area (Å²) in [5.41, 5.74) is 6.90. The van der Waals surface area contributed by atoms with Gasteiger partial charge in [0.25, 0.3) is 0 Å². The van der Waals surface area contributed by atoms with Crippen LogP contribution in [0, 0.1) is 13.8 Å². The smallest absolute Gasteiger partial charge is 0.0281 e. The van der Waals surface area contributed by atoms with Crippen molar-refractivity contribution in [3.05, 3.63) is 74.8 Å². The molecule has 2 aromatic rings. The molecule has 0 spiro atoms. The van der Waals surface area contributed by atoms with Crippen molar-refractivity contribution >= 4 is 22.0 Å². The Labute approximate surface area is 116 Å².